The molecule has 0 bridgehead atoms. The van der Waals surface area contributed by atoms with Gasteiger partial charge >= 0.3 is 0 Å². The highest BCUT2D eigenvalue weighted by atomic mass is 32.2. The number of carbonyl (C=O) groups is 1. The average Bonchev–Trinajstić information content (AvgIpc) is 3.52. The highest BCUT2D eigenvalue weighted by molar-refractivity contribution is 8.00. The van der Waals surface area contributed by atoms with Crippen LogP contribution >= 0.6 is 23.5 Å². The summed E-state index contributed by atoms with van der Waals surface area (Å²) in [5.74, 6) is 1.39. The van der Waals surface area contributed by atoms with Crippen molar-refractivity contribution in [1.29, 1.82) is 0 Å². The molecule has 0 unspecified atom stereocenters. The smallest absolute Gasteiger partial charge is 0.234 e. The van der Waals surface area contributed by atoms with Crippen molar-refractivity contribution >= 4 is 29.4 Å². The first kappa shape index (κ1) is 22.6. The molecule has 1 aliphatic heterocycles. The third kappa shape index (κ3) is 4.85. The lowest BCUT2D eigenvalue weighted by molar-refractivity contribution is -0.128. The standard InChI is InChI=1S/C25H22FN5OS2/c26-21-9-5-4-8-20(21)24-30(14-15-33-24)22(32)17-34-25-29-28-23(19-10-12-27-13-11-19)31(25)16-18-6-2-1-3-7-18/h1-13,24H,14-17H2/t24-/m1/s1. The topological polar surface area (TPSA) is 63.9 Å². The Morgan fingerprint density at radius 3 is 2.59 bits per heavy atom. The molecule has 0 spiro atoms. The average molecular weight is 492 g/mol. The van der Waals surface area contributed by atoms with Gasteiger partial charge in [-0.25, -0.2) is 4.39 Å². The maximum atomic E-state index is 14.4. The lowest BCUT2D eigenvalue weighted by Crippen LogP contribution is -2.32. The van der Waals surface area contributed by atoms with Crippen LogP contribution in [0.15, 0.2) is 84.3 Å². The number of amides is 1. The fraction of sp³-hybridized carbons (Fsp3) is 0.200. The Kier molecular flexibility index (Phi) is 6.92. The van der Waals surface area contributed by atoms with Crippen LogP contribution in [0.4, 0.5) is 4.39 Å². The second-order valence-corrected chi connectivity index (χ2v) is 9.86. The number of pyridine rings is 1. The van der Waals surface area contributed by atoms with E-state index in [-0.39, 0.29) is 22.9 Å². The molecule has 0 radical (unpaired) electrons. The van der Waals surface area contributed by atoms with E-state index in [9.17, 15) is 9.18 Å². The SMILES string of the molecule is O=C(CSc1nnc(-c2ccncc2)n1Cc1ccccc1)N1CCS[C@@H]1c1ccccc1F. The van der Waals surface area contributed by atoms with E-state index in [1.54, 1.807) is 47.3 Å². The van der Waals surface area contributed by atoms with Crippen molar-refractivity contribution in [2.24, 2.45) is 0 Å². The van der Waals surface area contributed by atoms with Crippen molar-refractivity contribution in [2.45, 2.75) is 17.1 Å². The van der Waals surface area contributed by atoms with Gasteiger partial charge in [-0.2, -0.15) is 0 Å². The second-order valence-electron chi connectivity index (χ2n) is 7.73. The summed E-state index contributed by atoms with van der Waals surface area (Å²) < 4.78 is 16.4. The minimum absolute atomic E-state index is 0.0389. The van der Waals surface area contributed by atoms with E-state index in [1.165, 1.54) is 17.8 Å². The van der Waals surface area contributed by atoms with Crippen molar-refractivity contribution in [3.05, 3.63) is 96.1 Å². The van der Waals surface area contributed by atoms with Crippen LogP contribution in [-0.2, 0) is 11.3 Å². The molecule has 34 heavy (non-hydrogen) atoms. The molecule has 6 nitrogen and oxygen atoms in total. The van der Waals surface area contributed by atoms with E-state index >= 15 is 0 Å². The van der Waals surface area contributed by atoms with E-state index in [0.29, 0.717) is 23.8 Å². The number of hydrogen-bond acceptors (Lipinski definition) is 6. The van der Waals surface area contributed by atoms with Crippen LogP contribution in [0, 0.1) is 5.82 Å². The first-order chi connectivity index (χ1) is 16.7. The molecule has 1 aliphatic rings. The first-order valence-electron chi connectivity index (χ1n) is 10.9. The Labute approximate surface area is 205 Å². The summed E-state index contributed by atoms with van der Waals surface area (Å²) in [4.78, 5) is 19.0. The molecule has 1 fully saturated rings. The summed E-state index contributed by atoms with van der Waals surface area (Å²) in [7, 11) is 0. The van der Waals surface area contributed by atoms with Crippen molar-refractivity contribution in [2.75, 3.05) is 18.1 Å². The van der Waals surface area contributed by atoms with Gasteiger partial charge < -0.3 is 4.90 Å². The van der Waals surface area contributed by atoms with Gasteiger partial charge in [-0.05, 0) is 23.8 Å². The van der Waals surface area contributed by atoms with Gasteiger partial charge in [-0.1, -0.05) is 60.3 Å². The van der Waals surface area contributed by atoms with Crippen LogP contribution < -0.4 is 0 Å². The molecule has 0 N–H and O–H groups in total. The highest BCUT2D eigenvalue weighted by Gasteiger charge is 2.32. The van der Waals surface area contributed by atoms with E-state index in [1.807, 2.05) is 34.9 Å². The lowest BCUT2D eigenvalue weighted by atomic mass is 10.2. The van der Waals surface area contributed by atoms with Crippen LogP contribution in [-0.4, -0.2) is 48.6 Å². The Balaban J connectivity index is 1.36. The maximum Gasteiger partial charge on any atom is 0.234 e. The van der Waals surface area contributed by atoms with Gasteiger partial charge in [0.2, 0.25) is 5.91 Å². The summed E-state index contributed by atoms with van der Waals surface area (Å²) >= 11 is 2.95. The number of halogens is 1. The Morgan fingerprint density at radius 1 is 1.03 bits per heavy atom. The Morgan fingerprint density at radius 2 is 1.79 bits per heavy atom. The largest absolute Gasteiger partial charge is 0.325 e. The minimum atomic E-state index is -0.302. The van der Waals surface area contributed by atoms with Gasteiger partial charge in [-0.15, -0.1) is 22.0 Å². The number of nitrogens with zero attached hydrogens (tertiary/aromatic N) is 5. The Hall–Kier alpha value is -3.17. The number of benzene rings is 2. The molecule has 5 rings (SSSR count). The summed E-state index contributed by atoms with van der Waals surface area (Å²) in [6.45, 7) is 1.18. The molecule has 0 saturated carbocycles. The van der Waals surface area contributed by atoms with E-state index in [0.717, 1.165) is 22.7 Å². The molecule has 0 aliphatic carbocycles. The van der Waals surface area contributed by atoms with Gasteiger partial charge in [0.25, 0.3) is 0 Å². The molecule has 4 aromatic rings. The van der Waals surface area contributed by atoms with E-state index in [4.69, 9.17) is 0 Å². The summed E-state index contributed by atoms with van der Waals surface area (Å²) in [6.07, 6.45) is 3.45. The quantitative estimate of drug-likeness (QED) is 0.343. The molecule has 1 amide bonds. The fourth-order valence-electron chi connectivity index (χ4n) is 3.89. The van der Waals surface area contributed by atoms with Gasteiger partial charge in [0.15, 0.2) is 11.0 Å². The molecule has 1 saturated heterocycles. The molecule has 2 aromatic heterocycles. The van der Waals surface area contributed by atoms with Crippen molar-refractivity contribution < 1.29 is 9.18 Å². The van der Waals surface area contributed by atoms with E-state index in [2.05, 4.69) is 27.3 Å². The van der Waals surface area contributed by atoms with Crippen LogP contribution in [0.3, 0.4) is 0 Å². The first-order valence-corrected chi connectivity index (χ1v) is 12.9. The van der Waals surface area contributed by atoms with Crippen LogP contribution in [0.25, 0.3) is 11.4 Å². The van der Waals surface area contributed by atoms with Crippen molar-refractivity contribution in [3.63, 3.8) is 0 Å². The van der Waals surface area contributed by atoms with Gasteiger partial charge in [-0.3, -0.25) is 14.3 Å². The summed E-state index contributed by atoms with van der Waals surface area (Å²) in [5, 5.41) is 9.18. The number of hydrogen-bond donors (Lipinski definition) is 0. The molecular weight excluding hydrogens is 469 g/mol. The zero-order chi connectivity index (χ0) is 23.3. The number of carbonyl (C=O) groups excluding carboxylic acids is 1. The second kappa shape index (κ2) is 10.4. The minimum Gasteiger partial charge on any atom is -0.325 e. The molecule has 9 heteroatoms. The molecule has 1 atom stereocenters. The zero-order valence-electron chi connectivity index (χ0n) is 18.3. The normalized spacial score (nSPS) is 15.6. The zero-order valence-corrected chi connectivity index (χ0v) is 19.9. The van der Waals surface area contributed by atoms with Crippen molar-refractivity contribution in [1.82, 2.24) is 24.6 Å². The number of aromatic nitrogens is 4. The van der Waals surface area contributed by atoms with Gasteiger partial charge in [0.1, 0.15) is 11.2 Å². The third-order valence-electron chi connectivity index (χ3n) is 5.55. The predicted octanol–water partition coefficient (Wildman–Crippen LogP) is 4.89. The van der Waals surface area contributed by atoms with Crippen LogP contribution in [0.1, 0.15) is 16.5 Å². The molecule has 2 aromatic carbocycles. The fourth-order valence-corrected chi connectivity index (χ4v) is 6.01. The molecular formula is C25H22FN5OS2. The Bertz CT molecular complexity index is 1270. The van der Waals surface area contributed by atoms with Crippen LogP contribution in [0.2, 0.25) is 0 Å². The van der Waals surface area contributed by atoms with Crippen molar-refractivity contribution in [3.8, 4) is 11.4 Å². The van der Waals surface area contributed by atoms with Gasteiger partial charge in [0, 0.05) is 35.8 Å². The van der Waals surface area contributed by atoms with Crippen LogP contribution in [0.5, 0.6) is 0 Å². The number of rotatable bonds is 7. The summed E-state index contributed by atoms with van der Waals surface area (Å²) in [5.41, 5.74) is 2.57. The summed E-state index contributed by atoms with van der Waals surface area (Å²) in [6, 6.07) is 20.5. The number of thioether (sulfide) groups is 2. The molecule has 172 valence electrons. The third-order valence-corrected chi connectivity index (χ3v) is 7.74. The van der Waals surface area contributed by atoms with E-state index < -0.39 is 0 Å². The highest BCUT2D eigenvalue weighted by Crippen LogP contribution is 2.39. The molecule has 3 heterocycles. The van der Waals surface area contributed by atoms with Gasteiger partial charge in [0.05, 0.1) is 12.3 Å². The maximum absolute atomic E-state index is 14.4. The monoisotopic (exact) mass is 491 g/mol. The lowest BCUT2D eigenvalue weighted by Gasteiger charge is -2.24. The predicted molar refractivity (Wildman–Crippen MR) is 133 cm³/mol.